The van der Waals surface area contributed by atoms with Crippen molar-refractivity contribution < 1.29 is 14.4 Å². The number of halogens is 1. The summed E-state index contributed by atoms with van der Waals surface area (Å²) in [5, 5.41) is 0.650. The summed E-state index contributed by atoms with van der Waals surface area (Å²) >= 11 is 5.94. The summed E-state index contributed by atoms with van der Waals surface area (Å²) in [4.78, 5) is 14.5. The first kappa shape index (κ1) is 16.2. The average molecular weight is 331 g/mol. The number of nitrogens with one attached hydrogen (secondary N) is 1. The van der Waals surface area contributed by atoms with Crippen molar-refractivity contribution in [2.24, 2.45) is 0 Å². The fourth-order valence-electron chi connectivity index (χ4n) is 3.02. The smallest absolute Gasteiger partial charge is 0.175 e. The zero-order valence-corrected chi connectivity index (χ0v) is 13.8. The molecule has 1 aliphatic heterocycles. The molecule has 23 heavy (non-hydrogen) atoms. The molecule has 0 aliphatic carbocycles. The van der Waals surface area contributed by atoms with Crippen LogP contribution in [0, 0.1) is 0 Å². The second kappa shape index (κ2) is 7.73. The lowest BCUT2D eigenvalue weighted by molar-refractivity contribution is -0.908. The highest BCUT2D eigenvalue weighted by Crippen LogP contribution is 2.21. The van der Waals surface area contributed by atoms with Crippen molar-refractivity contribution in [2.45, 2.75) is 5.92 Å². The van der Waals surface area contributed by atoms with E-state index >= 15 is 0 Å². The highest BCUT2D eigenvalue weighted by atomic mass is 35.5. The summed E-state index contributed by atoms with van der Waals surface area (Å²) in [6.07, 6.45) is 0. The monoisotopic (exact) mass is 330 g/mol. The fourth-order valence-corrected chi connectivity index (χ4v) is 3.14. The quantitative estimate of drug-likeness (QED) is 0.852. The van der Waals surface area contributed by atoms with E-state index in [1.165, 1.54) is 4.90 Å². The Morgan fingerprint density at radius 3 is 2.35 bits per heavy atom. The SMILES string of the molecule is O=C(c1ccc(Cl)cc1)C(C[NH+]1CCOCC1)c1ccccc1. The Bertz CT molecular complexity index is 636. The minimum Gasteiger partial charge on any atom is -0.370 e. The summed E-state index contributed by atoms with van der Waals surface area (Å²) in [7, 11) is 0. The number of ether oxygens (including phenoxy) is 1. The van der Waals surface area contributed by atoms with Crippen LogP contribution < -0.4 is 4.90 Å². The maximum Gasteiger partial charge on any atom is 0.175 e. The van der Waals surface area contributed by atoms with Gasteiger partial charge in [0.05, 0.1) is 25.7 Å². The Morgan fingerprint density at radius 1 is 1.04 bits per heavy atom. The number of ketones is 1. The zero-order chi connectivity index (χ0) is 16.1. The molecule has 0 amide bonds. The van der Waals surface area contributed by atoms with Gasteiger partial charge in [0.2, 0.25) is 0 Å². The molecule has 0 aromatic heterocycles. The highest BCUT2D eigenvalue weighted by Gasteiger charge is 2.28. The predicted molar refractivity (Wildman–Crippen MR) is 91.3 cm³/mol. The Kier molecular flexibility index (Phi) is 5.44. The Morgan fingerprint density at radius 2 is 1.70 bits per heavy atom. The van der Waals surface area contributed by atoms with Crippen LogP contribution >= 0.6 is 11.6 Å². The first-order chi connectivity index (χ1) is 11.2. The lowest BCUT2D eigenvalue weighted by Crippen LogP contribution is -3.14. The highest BCUT2D eigenvalue weighted by molar-refractivity contribution is 6.30. The summed E-state index contributed by atoms with van der Waals surface area (Å²) in [5.74, 6) is 0.0253. The Labute approximate surface area is 141 Å². The third kappa shape index (κ3) is 4.20. The number of hydrogen-bond acceptors (Lipinski definition) is 2. The second-order valence-electron chi connectivity index (χ2n) is 5.90. The van der Waals surface area contributed by atoms with E-state index in [0.717, 1.165) is 44.0 Å². The number of carbonyl (C=O) groups excluding carboxylic acids is 1. The number of Topliss-reactive ketones (excluding diaryl/α,β-unsaturated/α-hetero) is 1. The number of benzene rings is 2. The van der Waals surface area contributed by atoms with Gasteiger partial charge >= 0.3 is 0 Å². The van der Waals surface area contributed by atoms with Gasteiger partial charge in [0.1, 0.15) is 13.1 Å². The van der Waals surface area contributed by atoms with E-state index in [9.17, 15) is 4.79 Å². The normalized spacial score (nSPS) is 16.9. The van der Waals surface area contributed by atoms with Gasteiger partial charge in [-0.15, -0.1) is 0 Å². The fraction of sp³-hybridized carbons (Fsp3) is 0.316. The maximum absolute atomic E-state index is 13.0. The first-order valence-corrected chi connectivity index (χ1v) is 8.38. The standard InChI is InChI=1S/C19H20ClNO2/c20-17-8-6-16(7-9-17)19(22)18(15-4-2-1-3-5-15)14-21-10-12-23-13-11-21/h1-9,18H,10-14H2/p+1. The molecular weight excluding hydrogens is 310 g/mol. The minimum absolute atomic E-state index is 0.134. The van der Waals surface area contributed by atoms with E-state index in [-0.39, 0.29) is 11.7 Å². The van der Waals surface area contributed by atoms with Gasteiger partial charge in [0.15, 0.2) is 5.78 Å². The summed E-state index contributed by atoms with van der Waals surface area (Å²) in [6, 6.07) is 17.2. The van der Waals surface area contributed by atoms with E-state index in [2.05, 4.69) is 0 Å². The van der Waals surface area contributed by atoms with Gasteiger partial charge in [0.25, 0.3) is 0 Å². The van der Waals surface area contributed by atoms with Crippen LogP contribution in [0.15, 0.2) is 54.6 Å². The molecular formula is C19H21ClNO2+. The molecule has 0 spiro atoms. The van der Waals surface area contributed by atoms with E-state index in [4.69, 9.17) is 16.3 Å². The second-order valence-corrected chi connectivity index (χ2v) is 6.34. The molecule has 0 bridgehead atoms. The first-order valence-electron chi connectivity index (χ1n) is 8.00. The number of hydrogen-bond donors (Lipinski definition) is 1. The van der Waals surface area contributed by atoms with Gasteiger partial charge in [-0.2, -0.15) is 0 Å². The molecule has 1 N–H and O–H groups in total. The predicted octanol–water partition coefficient (Wildman–Crippen LogP) is 2.22. The van der Waals surface area contributed by atoms with Crippen molar-refractivity contribution in [1.82, 2.24) is 0 Å². The summed E-state index contributed by atoms with van der Waals surface area (Å²) in [5.41, 5.74) is 1.79. The van der Waals surface area contributed by atoms with Gasteiger partial charge in [-0.05, 0) is 29.8 Å². The van der Waals surface area contributed by atoms with Gasteiger partial charge < -0.3 is 9.64 Å². The summed E-state index contributed by atoms with van der Waals surface area (Å²) in [6.45, 7) is 4.25. The van der Waals surface area contributed by atoms with Crippen molar-refractivity contribution in [3.8, 4) is 0 Å². The van der Waals surface area contributed by atoms with Gasteiger partial charge in [-0.3, -0.25) is 4.79 Å². The molecule has 1 saturated heterocycles. The van der Waals surface area contributed by atoms with Crippen molar-refractivity contribution >= 4 is 17.4 Å². The minimum atomic E-state index is -0.134. The van der Waals surface area contributed by atoms with Gasteiger partial charge in [-0.25, -0.2) is 0 Å². The van der Waals surface area contributed by atoms with E-state index < -0.39 is 0 Å². The Balaban J connectivity index is 1.84. The number of carbonyl (C=O) groups is 1. The number of rotatable bonds is 5. The van der Waals surface area contributed by atoms with Crippen LogP contribution in [-0.2, 0) is 4.74 Å². The van der Waals surface area contributed by atoms with Crippen LogP contribution in [0.3, 0.4) is 0 Å². The number of morpholine rings is 1. The van der Waals surface area contributed by atoms with Crippen molar-refractivity contribution in [3.05, 3.63) is 70.7 Å². The lowest BCUT2D eigenvalue weighted by Gasteiger charge is -2.27. The van der Waals surface area contributed by atoms with Crippen molar-refractivity contribution in [1.29, 1.82) is 0 Å². The lowest BCUT2D eigenvalue weighted by atomic mass is 9.90. The van der Waals surface area contributed by atoms with Gasteiger partial charge in [0, 0.05) is 10.6 Å². The number of quaternary nitrogens is 1. The maximum atomic E-state index is 13.0. The third-order valence-electron chi connectivity index (χ3n) is 4.34. The molecule has 1 atom stereocenters. The molecule has 0 saturated carbocycles. The molecule has 3 nitrogen and oxygen atoms in total. The molecule has 1 unspecified atom stereocenters. The molecule has 2 aromatic rings. The Hall–Kier alpha value is -1.68. The summed E-state index contributed by atoms with van der Waals surface area (Å²) < 4.78 is 5.42. The van der Waals surface area contributed by atoms with E-state index in [1.807, 2.05) is 42.5 Å². The van der Waals surface area contributed by atoms with Crippen LogP contribution in [0.4, 0.5) is 0 Å². The third-order valence-corrected chi connectivity index (χ3v) is 4.59. The molecule has 1 fully saturated rings. The van der Waals surface area contributed by atoms with Crippen LogP contribution in [0.2, 0.25) is 5.02 Å². The molecule has 4 heteroatoms. The van der Waals surface area contributed by atoms with Crippen LogP contribution in [0.25, 0.3) is 0 Å². The van der Waals surface area contributed by atoms with Crippen LogP contribution in [0.5, 0.6) is 0 Å². The zero-order valence-electron chi connectivity index (χ0n) is 13.0. The van der Waals surface area contributed by atoms with Crippen molar-refractivity contribution in [3.63, 3.8) is 0 Å². The molecule has 120 valence electrons. The van der Waals surface area contributed by atoms with Crippen LogP contribution in [0.1, 0.15) is 21.8 Å². The van der Waals surface area contributed by atoms with Crippen LogP contribution in [-0.4, -0.2) is 38.6 Å². The average Bonchev–Trinajstić information content (AvgIpc) is 2.61. The van der Waals surface area contributed by atoms with Gasteiger partial charge in [-0.1, -0.05) is 41.9 Å². The van der Waals surface area contributed by atoms with Crippen molar-refractivity contribution in [2.75, 3.05) is 32.8 Å². The molecule has 1 heterocycles. The molecule has 3 rings (SSSR count). The van der Waals surface area contributed by atoms with E-state index in [0.29, 0.717) is 5.02 Å². The van der Waals surface area contributed by atoms with E-state index in [1.54, 1.807) is 12.1 Å². The largest absolute Gasteiger partial charge is 0.370 e. The molecule has 1 aliphatic rings. The topological polar surface area (TPSA) is 30.7 Å². The molecule has 2 aromatic carbocycles. The molecule has 0 radical (unpaired) electrons.